The summed E-state index contributed by atoms with van der Waals surface area (Å²) in [4.78, 5) is 12.9. The summed E-state index contributed by atoms with van der Waals surface area (Å²) >= 11 is 0. The summed E-state index contributed by atoms with van der Waals surface area (Å²) < 4.78 is 41.0. The van der Waals surface area contributed by atoms with Gasteiger partial charge in [-0.25, -0.2) is 12.8 Å². The molecule has 0 saturated carbocycles. The highest BCUT2D eigenvalue weighted by atomic mass is 32.2. The highest BCUT2D eigenvalue weighted by Gasteiger charge is 2.19. The van der Waals surface area contributed by atoms with Gasteiger partial charge in [-0.3, -0.25) is 9.52 Å². The van der Waals surface area contributed by atoms with Crippen molar-refractivity contribution in [3.8, 4) is 0 Å². The minimum Gasteiger partial charge on any atom is -0.345 e. The largest absolute Gasteiger partial charge is 0.345 e. The van der Waals surface area contributed by atoms with Crippen molar-refractivity contribution in [2.75, 3.05) is 4.72 Å². The summed E-state index contributed by atoms with van der Waals surface area (Å²) in [6.07, 6.45) is 0. The predicted octanol–water partition coefficient (Wildman–Crippen LogP) is 4.43. The number of para-hydroxylation sites is 1. The van der Waals surface area contributed by atoms with E-state index in [0.29, 0.717) is 0 Å². The fourth-order valence-electron chi connectivity index (χ4n) is 2.80. The van der Waals surface area contributed by atoms with Crippen LogP contribution in [0.5, 0.6) is 0 Å². The molecule has 0 saturated heterocycles. The van der Waals surface area contributed by atoms with Crippen LogP contribution < -0.4 is 10.0 Å². The van der Waals surface area contributed by atoms with Crippen LogP contribution in [0.25, 0.3) is 0 Å². The standard InChI is InChI=1S/C22H21FN2O3S/c1-15-7-13-19(14-8-15)29(27,28)25-21-6-4-3-5-20(21)22(26)24-16(2)17-9-11-18(23)12-10-17/h3-14,16,25H,1-2H3,(H,24,26)/t16-/m1/s1. The summed E-state index contributed by atoms with van der Waals surface area (Å²) in [6.45, 7) is 3.63. The first kappa shape index (κ1) is 20.5. The van der Waals surface area contributed by atoms with Crippen LogP contribution in [0.2, 0.25) is 0 Å². The zero-order chi connectivity index (χ0) is 21.0. The summed E-state index contributed by atoms with van der Waals surface area (Å²) in [5.74, 6) is -0.799. The number of amides is 1. The molecule has 3 aromatic rings. The number of halogens is 1. The van der Waals surface area contributed by atoms with Crippen molar-refractivity contribution in [3.05, 3.63) is 95.3 Å². The number of hydrogen-bond acceptors (Lipinski definition) is 3. The molecule has 0 radical (unpaired) electrons. The highest BCUT2D eigenvalue weighted by Crippen LogP contribution is 2.22. The molecule has 0 unspecified atom stereocenters. The molecule has 0 aliphatic rings. The Hall–Kier alpha value is -3.19. The van der Waals surface area contributed by atoms with E-state index in [1.807, 2.05) is 6.92 Å². The minimum absolute atomic E-state index is 0.109. The van der Waals surface area contributed by atoms with E-state index in [-0.39, 0.29) is 28.0 Å². The number of carbonyl (C=O) groups excluding carboxylic acids is 1. The maximum Gasteiger partial charge on any atom is 0.261 e. The van der Waals surface area contributed by atoms with Crippen LogP contribution in [0.1, 0.15) is 34.5 Å². The van der Waals surface area contributed by atoms with Gasteiger partial charge >= 0.3 is 0 Å². The Morgan fingerprint density at radius 3 is 2.21 bits per heavy atom. The Bertz CT molecular complexity index is 1110. The Kier molecular flexibility index (Phi) is 5.98. The molecule has 0 bridgehead atoms. The van der Waals surface area contributed by atoms with E-state index in [1.165, 1.54) is 30.3 Å². The van der Waals surface area contributed by atoms with Crippen molar-refractivity contribution < 1.29 is 17.6 Å². The second-order valence-electron chi connectivity index (χ2n) is 6.71. The lowest BCUT2D eigenvalue weighted by Crippen LogP contribution is -2.28. The number of aryl methyl sites for hydroxylation is 1. The van der Waals surface area contributed by atoms with Crippen LogP contribution in [0.15, 0.2) is 77.7 Å². The average molecular weight is 412 g/mol. The Balaban J connectivity index is 1.81. The van der Waals surface area contributed by atoms with Crippen LogP contribution in [-0.4, -0.2) is 14.3 Å². The lowest BCUT2D eigenvalue weighted by atomic mass is 10.1. The lowest BCUT2D eigenvalue weighted by molar-refractivity contribution is 0.0941. The zero-order valence-electron chi connectivity index (χ0n) is 16.0. The van der Waals surface area contributed by atoms with Gasteiger partial charge in [-0.05, 0) is 55.8 Å². The molecule has 3 aromatic carbocycles. The van der Waals surface area contributed by atoms with Crippen LogP contribution in [-0.2, 0) is 10.0 Å². The monoisotopic (exact) mass is 412 g/mol. The molecule has 7 heteroatoms. The third-order valence-electron chi connectivity index (χ3n) is 4.46. The van der Waals surface area contributed by atoms with Crippen LogP contribution >= 0.6 is 0 Å². The van der Waals surface area contributed by atoms with E-state index >= 15 is 0 Å². The number of rotatable bonds is 6. The molecular formula is C22H21FN2O3S. The molecule has 1 atom stereocenters. The zero-order valence-corrected chi connectivity index (χ0v) is 16.8. The quantitative estimate of drug-likeness (QED) is 0.629. The van der Waals surface area contributed by atoms with E-state index in [2.05, 4.69) is 10.0 Å². The molecule has 5 nitrogen and oxygen atoms in total. The van der Waals surface area contributed by atoms with Gasteiger partial charge in [0.15, 0.2) is 0 Å². The first-order chi connectivity index (χ1) is 13.8. The van der Waals surface area contributed by atoms with Crippen LogP contribution in [0.4, 0.5) is 10.1 Å². The number of sulfonamides is 1. The number of nitrogens with one attached hydrogen (secondary N) is 2. The highest BCUT2D eigenvalue weighted by molar-refractivity contribution is 7.92. The Morgan fingerprint density at radius 2 is 1.55 bits per heavy atom. The number of hydrogen-bond donors (Lipinski definition) is 2. The van der Waals surface area contributed by atoms with Crippen LogP contribution in [0.3, 0.4) is 0 Å². The summed E-state index contributed by atoms with van der Waals surface area (Å²) in [5, 5.41) is 2.81. The topological polar surface area (TPSA) is 75.3 Å². The molecule has 2 N–H and O–H groups in total. The predicted molar refractivity (Wildman–Crippen MR) is 111 cm³/mol. The van der Waals surface area contributed by atoms with Crippen molar-refractivity contribution >= 4 is 21.6 Å². The summed E-state index contributed by atoms with van der Waals surface area (Å²) in [7, 11) is -3.84. The smallest absolute Gasteiger partial charge is 0.261 e. The fourth-order valence-corrected chi connectivity index (χ4v) is 3.88. The molecule has 0 aliphatic carbocycles. The summed E-state index contributed by atoms with van der Waals surface area (Å²) in [5.41, 5.74) is 2.05. The molecule has 150 valence electrons. The van der Waals surface area contributed by atoms with Gasteiger partial charge < -0.3 is 5.32 Å². The molecule has 0 fully saturated rings. The molecule has 0 aliphatic heterocycles. The van der Waals surface area contributed by atoms with E-state index in [9.17, 15) is 17.6 Å². The normalized spacial score (nSPS) is 12.2. The van der Waals surface area contributed by atoms with Gasteiger partial charge in [-0.1, -0.05) is 42.0 Å². The number of anilines is 1. The SMILES string of the molecule is Cc1ccc(S(=O)(=O)Nc2ccccc2C(=O)N[C@H](C)c2ccc(F)cc2)cc1. The van der Waals surface area contributed by atoms with Gasteiger partial charge in [-0.2, -0.15) is 0 Å². The third-order valence-corrected chi connectivity index (χ3v) is 5.85. The Labute approximate surface area is 169 Å². The maximum absolute atomic E-state index is 13.1. The van der Waals surface area contributed by atoms with Crippen molar-refractivity contribution in [1.29, 1.82) is 0 Å². The van der Waals surface area contributed by atoms with Crippen molar-refractivity contribution in [2.45, 2.75) is 24.8 Å². The van der Waals surface area contributed by atoms with Gasteiger partial charge in [0.2, 0.25) is 0 Å². The van der Waals surface area contributed by atoms with Gasteiger partial charge in [-0.15, -0.1) is 0 Å². The average Bonchev–Trinajstić information content (AvgIpc) is 2.69. The first-order valence-corrected chi connectivity index (χ1v) is 10.5. The minimum atomic E-state index is -3.84. The summed E-state index contributed by atoms with van der Waals surface area (Å²) in [6, 6.07) is 18.2. The molecule has 0 aromatic heterocycles. The second-order valence-corrected chi connectivity index (χ2v) is 8.39. The van der Waals surface area contributed by atoms with Crippen LogP contribution in [0, 0.1) is 12.7 Å². The van der Waals surface area contributed by atoms with E-state index < -0.39 is 15.9 Å². The first-order valence-electron chi connectivity index (χ1n) is 9.01. The van der Waals surface area contributed by atoms with E-state index in [1.54, 1.807) is 49.4 Å². The number of carbonyl (C=O) groups is 1. The number of benzene rings is 3. The molecule has 0 heterocycles. The van der Waals surface area contributed by atoms with E-state index in [0.717, 1.165) is 11.1 Å². The Morgan fingerprint density at radius 1 is 0.931 bits per heavy atom. The van der Waals surface area contributed by atoms with E-state index in [4.69, 9.17) is 0 Å². The van der Waals surface area contributed by atoms with Crippen molar-refractivity contribution in [2.24, 2.45) is 0 Å². The molecule has 3 rings (SSSR count). The molecule has 1 amide bonds. The van der Waals surface area contributed by atoms with Crippen molar-refractivity contribution in [1.82, 2.24) is 5.32 Å². The van der Waals surface area contributed by atoms with Gasteiger partial charge in [0.1, 0.15) is 5.82 Å². The maximum atomic E-state index is 13.1. The third kappa shape index (κ3) is 5.00. The lowest BCUT2D eigenvalue weighted by Gasteiger charge is -2.17. The van der Waals surface area contributed by atoms with Crippen molar-refractivity contribution in [3.63, 3.8) is 0 Å². The van der Waals surface area contributed by atoms with Gasteiger partial charge in [0, 0.05) is 0 Å². The van der Waals surface area contributed by atoms with Gasteiger partial charge in [0.25, 0.3) is 15.9 Å². The fraction of sp³-hybridized carbons (Fsp3) is 0.136. The second kappa shape index (κ2) is 8.45. The molecule has 0 spiro atoms. The molecule has 29 heavy (non-hydrogen) atoms. The molecular weight excluding hydrogens is 391 g/mol. The van der Waals surface area contributed by atoms with Gasteiger partial charge in [0.05, 0.1) is 22.2 Å².